The largest absolute Gasteiger partial charge is 0.416 e. The van der Waals surface area contributed by atoms with Gasteiger partial charge in [-0.15, -0.1) is 0 Å². The summed E-state index contributed by atoms with van der Waals surface area (Å²) < 4.78 is 39.7. The van der Waals surface area contributed by atoms with Crippen molar-refractivity contribution in [3.8, 4) is 0 Å². The van der Waals surface area contributed by atoms with Crippen molar-refractivity contribution in [3.05, 3.63) is 71.4 Å². The minimum absolute atomic E-state index is 0.0411. The third-order valence-corrected chi connectivity index (χ3v) is 6.05. The van der Waals surface area contributed by atoms with E-state index in [0.717, 1.165) is 28.6 Å². The Morgan fingerprint density at radius 1 is 1.15 bits per heavy atom. The maximum atomic E-state index is 13.2. The highest BCUT2D eigenvalue weighted by Crippen LogP contribution is 2.31. The van der Waals surface area contributed by atoms with E-state index >= 15 is 0 Å². The number of likely N-dealkylation sites (tertiary alicyclic amines) is 1. The fourth-order valence-electron chi connectivity index (χ4n) is 4.33. The molecule has 0 bridgehead atoms. The quantitative estimate of drug-likeness (QED) is 0.501. The molecule has 0 spiro atoms. The van der Waals surface area contributed by atoms with Gasteiger partial charge in [0.15, 0.2) is 0 Å². The molecule has 1 saturated heterocycles. The van der Waals surface area contributed by atoms with E-state index in [0.29, 0.717) is 37.8 Å². The molecule has 1 aromatic heterocycles. The number of halogens is 3. The predicted molar refractivity (Wildman–Crippen MR) is 119 cm³/mol. The number of amides is 2. The van der Waals surface area contributed by atoms with Crippen LogP contribution in [0.1, 0.15) is 48.4 Å². The van der Waals surface area contributed by atoms with Crippen LogP contribution in [0.4, 0.5) is 13.2 Å². The number of rotatable bonds is 8. The summed E-state index contributed by atoms with van der Waals surface area (Å²) in [6, 6.07) is 12.2. The summed E-state index contributed by atoms with van der Waals surface area (Å²) in [6.45, 7) is 0.707. The summed E-state index contributed by atoms with van der Waals surface area (Å²) in [5.74, 6) is -0.288. The van der Waals surface area contributed by atoms with Crippen LogP contribution in [0.15, 0.2) is 54.7 Å². The fourth-order valence-corrected chi connectivity index (χ4v) is 4.33. The minimum Gasteiger partial charge on any atom is -0.361 e. The van der Waals surface area contributed by atoms with Gasteiger partial charge in [-0.3, -0.25) is 9.59 Å². The number of carbonyl (C=O) groups excluding carboxylic acids is 2. The summed E-state index contributed by atoms with van der Waals surface area (Å²) in [5, 5.41) is 3.99. The van der Waals surface area contributed by atoms with Crippen LogP contribution in [0, 0.1) is 0 Å². The Bertz CT molecular complexity index is 1140. The Kier molecular flexibility index (Phi) is 6.72. The second-order valence-corrected chi connectivity index (χ2v) is 8.40. The molecule has 1 aliphatic heterocycles. The van der Waals surface area contributed by atoms with Crippen LogP contribution in [0.25, 0.3) is 10.9 Å². The zero-order valence-electron chi connectivity index (χ0n) is 18.1. The van der Waals surface area contributed by atoms with Crippen LogP contribution in [0.5, 0.6) is 0 Å². The monoisotopic (exact) mass is 457 g/mol. The van der Waals surface area contributed by atoms with Crippen molar-refractivity contribution in [1.82, 2.24) is 15.2 Å². The van der Waals surface area contributed by atoms with E-state index in [1.54, 1.807) is 11.0 Å². The average Bonchev–Trinajstić information content (AvgIpc) is 3.39. The van der Waals surface area contributed by atoms with Gasteiger partial charge in [0.2, 0.25) is 11.8 Å². The van der Waals surface area contributed by atoms with Crippen molar-refractivity contribution >= 4 is 22.7 Å². The van der Waals surface area contributed by atoms with Crippen molar-refractivity contribution in [3.63, 3.8) is 0 Å². The number of nitrogens with one attached hydrogen (secondary N) is 2. The molecule has 5 nitrogen and oxygen atoms in total. The highest BCUT2D eigenvalue weighted by Gasteiger charge is 2.32. The molecular formula is C25H26F3N3O2. The molecular weight excluding hydrogens is 431 g/mol. The molecule has 2 N–H and O–H groups in total. The summed E-state index contributed by atoms with van der Waals surface area (Å²) in [6.07, 6.45) is 0.145. The molecule has 174 valence electrons. The lowest BCUT2D eigenvalue weighted by molar-refractivity contribution is -0.137. The lowest BCUT2D eigenvalue weighted by Gasteiger charge is -2.26. The second kappa shape index (κ2) is 9.68. The number of aryl methyl sites for hydroxylation is 1. The van der Waals surface area contributed by atoms with E-state index in [-0.39, 0.29) is 24.8 Å². The Morgan fingerprint density at radius 3 is 2.73 bits per heavy atom. The van der Waals surface area contributed by atoms with Crippen LogP contribution in [0.3, 0.4) is 0 Å². The summed E-state index contributed by atoms with van der Waals surface area (Å²) in [5.41, 5.74) is 1.73. The van der Waals surface area contributed by atoms with Crippen LogP contribution in [-0.2, 0) is 22.2 Å². The number of H-pyrrole nitrogens is 1. The molecule has 2 amide bonds. The van der Waals surface area contributed by atoms with E-state index in [2.05, 4.69) is 10.3 Å². The molecule has 2 heterocycles. The van der Waals surface area contributed by atoms with Gasteiger partial charge in [0.25, 0.3) is 0 Å². The first-order valence-electron chi connectivity index (χ1n) is 11.1. The normalized spacial score (nSPS) is 15.2. The molecule has 0 unspecified atom stereocenters. The maximum Gasteiger partial charge on any atom is 0.416 e. The molecule has 1 aliphatic rings. The van der Waals surface area contributed by atoms with E-state index < -0.39 is 17.8 Å². The average molecular weight is 457 g/mol. The number of carbonyl (C=O) groups is 2. The lowest BCUT2D eigenvalue weighted by atomic mass is 10.0. The maximum absolute atomic E-state index is 13.2. The first-order valence-corrected chi connectivity index (χ1v) is 11.1. The van der Waals surface area contributed by atoms with Crippen molar-refractivity contribution in [2.75, 3.05) is 13.1 Å². The molecule has 1 fully saturated rings. The van der Waals surface area contributed by atoms with Gasteiger partial charge in [0.1, 0.15) is 0 Å². The molecule has 1 atom stereocenters. The van der Waals surface area contributed by atoms with E-state index in [1.807, 2.05) is 30.5 Å². The van der Waals surface area contributed by atoms with Crippen molar-refractivity contribution < 1.29 is 22.8 Å². The van der Waals surface area contributed by atoms with Gasteiger partial charge >= 0.3 is 6.18 Å². The van der Waals surface area contributed by atoms with Gasteiger partial charge in [-0.1, -0.05) is 30.3 Å². The number of benzene rings is 2. The van der Waals surface area contributed by atoms with Gasteiger partial charge in [0, 0.05) is 43.0 Å². The van der Waals surface area contributed by atoms with Gasteiger partial charge in [-0.25, -0.2) is 0 Å². The number of alkyl halides is 3. The Morgan fingerprint density at radius 2 is 1.97 bits per heavy atom. The van der Waals surface area contributed by atoms with Crippen LogP contribution in [-0.4, -0.2) is 34.8 Å². The molecule has 8 heteroatoms. The molecule has 33 heavy (non-hydrogen) atoms. The van der Waals surface area contributed by atoms with Gasteiger partial charge in [0.05, 0.1) is 11.6 Å². The first kappa shape index (κ1) is 22.9. The second-order valence-electron chi connectivity index (χ2n) is 8.40. The number of para-hydroxylation sites is 1. The van der Waals surface area contributed by atoms with Crippen LogP contribution < -0.4 is 5.32 Å². The number of nitrogens with zero attached hydrogens (tertiary/aromatic N) is 1. The molecule has 2 aromatic carbocycles. The zero-order valence-corrected chi connectivity index (χ0v) is 18.1. The Hall–Kier alpha value is -3.29. The predicted octanol–water partition coefficient (Wildman–Crippen LogP) is 4.99. The van der Waals surface area contributed by atoms with Crippen molar-refractivity contribution in [2.45, 2.75) is 44.3 Å². The highest BCUT2D eigenvalue weighted by atomic mass is 19.4. The molecule has 3 aromatic rings. The Labute approximate surface area is 190 Å². The highest BCUT2D eigenvalue weighted by molar-refractivity contribution is 5.83. The molecule has 4 rings (SSSR count). The molecule has 0 saturated carbocycles. The summed E-state index contributed by atoms with van der Waals surface area (Å²) in [7, 11) is 0. The standard InChI is InChI=1S/C25H26F3N3O2/c26-25(27,28)19-8-3-6-17(14-19)22(16-31-13-5-12-24(31)33)30-23(32)11-4-7-18-15-29-21-10-2-1-9-20(18)21/h1-3,6,8-10,14-15,22,29H,4-5,7,11-13,16H2,(H,30,32)/t22-/m0/s1. The SMILES string of the molecule is O=C(CCCc1c[nH]c2ccccc12)N[C@@H](CN1CCCC1=O)c1cccc(C(F)(F)F)c1. The van der Waals surface area contributed by atoms with Gasteiger partial charge in [-0.2, -0.15) is 13.2 Å². The topological polar surface area (TPSA) is 65.2 Å². The summed E-state index contributed by atoms with van der Waals surface area (Å²) >= 11 is 0. The van der Waals surface area contributed by atoms with Crippen molar-refractivity contribution in [1.29, 1.82) is 0 Å². The van der Waals surface area contributed by atoms with Crippen molar-refractivity contribution in [2.24, 2.45) is 0 Å². The lowest BCUT2D eigenvalue weighted by Crippen LogP contribution is -2.38. The van der Waals surface area contributed by atoms with Gasteiger partial charge < -0.3 is 15.2 Å². The van der Waals surface area contributed by atoms with Crippen LogP contribution >= 0.6 is 0 Å². The van der Waals surface area contributed by atoms with Gasteiger partial charge in [-0.05, 0) is 48.6 Å². The third kappa shape index (κ3) is 5.56. The minimum atomic E-state index is -4.48. The number of hydrogen-bond donors (Lipinski definition) is 2. The Balaban J connectivity index is 1.43. The smallest absolute Gasteiger partial charge is 0.361 e. The van der Waals surface area contributed by atoms with E-state index in [9.17, 15) is 22.8 Å². The van der Waals surface area contributed by atoms with Crippen LogP contribution in [0.2, 0.25) is 0 Å². The number of aromatic nitrogens is 1. The van der Waals surface area contributed by atoms with E-state index in [4.69, 9.17) is 0 Å². The fraction of sp³-hybridized carbons (Fsp3) is 0.360. The number of hydrogen-bond acceptors (Lipinski definition) is 2. The number of aromatic amines is 1. The molecule has 0 aliphatic carbocycles. The summed E-state index contributed by atoms with van der Waals surface area (Å²) in [4.78, 5) is 29.6. The molecule has 0 radical (unpaired) electrons. The third-order valence-electron chi connectivity index (χ3n) is 6.05. The first-order chi connectivity index (χ1) is 15.8. The zero-order chi connectivity index (χ0) is 23.4. The number of fused-ring (bicyclic) bond motifs is 1. The van der Waals surface area contributed by atoms with E-state index in [1.165, 1.54) is 6.07 Å².